The molecule has 0 aromatic heterocycles. The van der Waals surface area contributed by atoms with Crippen LogP contribution in [0.1, 0.15) is 85.0 Å². The van der Waals surface area contributed by atoms with E-state index in [9.17, 15) is 9.59 Å². The lowest BCUT2D eigenvalue weighted by Gasteiger charge is -2.13. The average Bonchev–Trinajstić information content (AvgIpc) is 2.49. The number of carbonyl (C=O) groups excluding carboxylic acids is 2. The van der Waals surface area contributed by atoms with E-state index in [1.54, 1.807) is 0 Å². The zero-order chi connectivity index (χ0) is 16.6. The molecular weight excluding hydrogens is 280 g/mol. The first kappa shape index (κ1) is 20.9. The molecule has 0 aromatic carbocycles. The third-order valence-electron chi connectivity index (χ3n) is 3.85. The molecule has 0 rings (SSSR count). The van der Waals surface area contributed by atoms with E-state index in [4.69, 9.17) is 9.47 Å². The van der Waals surface area contributed by atoms with E-state index in [2.05, 4.69) is 0 Å². The fourth-order valence-corrected chi connectivity index (χ4v) is 2.53. The number of carbonyl (C=O) groups is 2. The van der Waals surface area contributed by atoms with Crippen LogP contribution in [0, 0.1) is 5.92 Å². The van der Waals surface area contributed by atoms with Crippen molar-refractivity contribution in [1.82, 2.24) is 0 Å². The van der Waals surface area contributed by atoms with Crippen molar-refractivity contribution >= 4 is 11.9 Å². The minimum Gasteiger partial charge on any atom is -0.466 e. The maximum absolute atomic E-state index is 11.7. The smallest absolute Gasteiger partial charge is 0.308 e. The molecule has 1 atom stereocenters. The molecule has 0 amide bonds. The van der Waals surface area contributed by atoms with Gasteiger partial charge in [0.15, 0.2) is 0 Å². The van der Waals surface area contributed by atoms with Crippen molar-refractivity contribution in [1.29, 1.82) is 0 Å². The van der Waals surface area contributed by atoms with Gasteiger partial charge in [-0.25, -0.2) is 0 Å². The monoisotopic (exact) mass is 314 g/mol. The quantitative estimate of drug-likeness (QED) is 0.346. The molecule has 0 saturated heterocycles. The van der Waals surface area contributed by atoms with E-state index in [0.29, 0.717) is 19.6 Å². The van der Waals surface area contributed by atoms with E-state index in [0.717, 1.165) is 32.1 Å². The minimum atomic E-state index is -0.0768. The van der Waals surface area contributed by atoms with Gasteiger partial charge in [-0.15, -0.1) is 0 Å². The largest absolute Gasteiger partial charge is 0.466 e. The second-order valence-electron chi connectivity index (χ2n) is 5.68. The second-order valence-corrected chi connectivity index (χ2v) is 5.68. The summed E-state index contributed by atoms with van der Waals surface area (Å²) in [5, 5.41) is 0. The Balaban J connectivity index is 3.42. The molecule has 0 fully saturated rings. The highest BCUT2D eigenvalue weighted by molar-refractivity contribution is 5.72. The normalized spacial score (nSPS) is 12.0. The summed E-state index contributed by atoms with van der Waals surface area (Å²) in [6, 6.07) is 0. The molecule has 0 aliphatic rings. The molecule has 0 bridgehead atoms. The van der Waals surface area contributed by atoms with Crippen LogP contribution >= 0.6 is 0 Å². The maximum atomic E-state index is 11.7. The van der Waals surface area contributed by atoms with Gasteiger partial charge >= 0.3 is 11.9 Å². The summed E-state index contributed by atoms with van der Waals surface area (Å²) >= 11 is 0. The third-order valence-corrected chi connectivity index (χ3v) is 3.85. The Labute approximate surface area is 135 Å². The number of ether oxygens (including phenoxy) is 2. The standard InChI is InChI=1S/C18H34O4/c1-4-16(18(20)22-6-3)14-12-10-8-7-9-11-13-15-17(19)21-5-2/h16H,4-15H2,1-3H3. The zero-order valence-electron chi connectivity index (χ0n) is 14.7. The summed E-state index contributed by atoms with van der Waals surface area (Å²) in [7, 11) is 0. The Kier molecular flexibility index (Phi) is 14.1. The number of rotatable bonds is 14. The first-order valence-corrected chi connectivity index (χ1v) is 8.97. The van der Waals surface area contributed by atoms with Crippen molar-refractivity contribution in [3.63, 3.8) is 0 Å². The fraction of sp³-hybridized carbons (Fsp3) is 0.889. The summed E-state index contributed by atoms with van der Waals surface area (Å²) in [4.78, 5) is 22.8. The van der Waals surface area contributed by atoms with Crippen LogP contribution in [0.2, 0.25) is 0 Å². The molecule has 0 aliphatic heterocycles. The Bertz CT molecular complexity index is 289. The molecule has 0 saturated carbocycles. The van der Waals surface area contributed by atoms with Gasteiger partial charge in [-0.1, -0.05) is 45.4 Å². The first-order valence-electron chi connectivity index (χ1n) is 8.97. The maximum Gasteiger partial charge on any atom is 0.308 e. The van der Waals surface area contributed by atoms with Crippen LogP contribution < -0.4 is 0 Å². The minimum absolute atomic E-state index is 0.0380. The Hall–Kier alpha value is -1.06. The van der Waals surface area contributed by atoms with Crippen LogP contribution in [0.5, 0.6) is 0 Å². The Morgan fingerprint density at radius 1 is 0.773 bits per heavy atom. The predicted molar refractivity (Wildman–Crippen MR) is 88.6 cm³/mol. The van der Waals surface area contributed by atoms with Gasteiger partial charge in [0.2, 0.25) is 0 Å². The molecular formula is C18H34O4. The molecule has 0 radical (unpaired) electrons. The van der Waals surface area contributed by atoms with Gasteiger partial charge < -0.3 is 9.47 Å². The van der Waals surface area contributed by atoms with Gasteiger partial charge in [0, 0.05) is 6.42 Å². The Morgan fingerprint density at radius 2 is 1.32 bits per heavy atom. The molecule has 0 heterocycles. The molecule has 4 heteroatoms. The van der Waals surface area contributed by atoms with Gasteiger partial charge in [-0.3, -0.25) is 9.59 Å². The summed E-state index contributed by atoms with van der Waals surface area (Å²) in [6.07, 6.45) is 10.2. The molecule has 0 N–H and O–H groups in total. The van der Waals surface area contributed by atoms with Gasteiger partial charge in [0.1, 0.15) is 0 Å². The third kappa shape index (κ3) is 11.6. The number of unbranched alkanes of at least 4 members (excludes halogenated alkanes) is 6. The summed E-state index contributed by atoms with van der Waals surface area (Å²) < 4.78 is 9.97. The highest BCUT2D eigenvalue weighted by Gasteiger charge is 2.16. The topological polar surface area (TPSA) is 52.6 Å². The SMILES string of the molecule is CCOC(=O)CCCCCCCCCC(CC)C(=O)OCC. The van der Waals surface area contributed by atoms with Gasteiger partial charge in [-0.2, -0.15) is 0 Å². The molecule has 0 spiro atoms. The van der Waals surface area contributed by atoms with E-state index < -0.39 is 0 Å². The highest BCUT2D eigenvalue weighted by atomic mass is 16.5. The fourth-order valence-electron chi connectivity index (χ4n) is 2.53. The van der Waals surface area contributed by atoms with Crippen LogP contribution in [0.3, 0.4) is 0 Å². The molecule has 0 aliphatic carbocycles. The van der Waals surface area contributed by atoms with Crippen molar-refractivity contribution in [2.45, 2.75) is 85.0 Å². The lowest BCUT2D eigenvalue weighted by molar-refractivity contribution is -0.148. The van der Waals surface area contributed by atoms with Gasteiger partial charge in [0.25, 0.3) is 0 Å². The molecule has 130 valence electrons. The van der Waals surface area contributed by atoms with Crippen LogP contribution in [-0.2, 0) is 19.1 Å². The highest BCUT2D eigenvalue weighted by Crippen LogP contribution is 2.17. The van der Waals surface area contributed by atoms with E-state index in [1.807, 2.05) is 20.8 Å². The van der Waals surface area contributed by atoms with Crippen LogP contribution in [0.4, 0.5) is 0 Å². The average molecular weight is 314 g/mol. The van der Waals surface area contributed by atoms with Gasteiger partial charge in [-0.05, 0) is 33.1 Å². The van der Waals surface area contributed by atoms with E-state index in [1.165, 1.54) is 25.7 Å². The van der Waals surface area contributed by atoms with Gasteiger partial charge in [0.05, 0.1) is 19.1 Å². The molecule has 1 unspecified atom stereocenters. The van der Waals surface area contributed by atoms with E-state index >= 15 is 0 Å². The first-order chi connectivity index (χ1) is 10.7. The summed E-state index contributed by atoms with van der Waals surface area (Å²) in [6.45, 7) is 6.69. The predicted octanol–water partition coefficient (Wildman–Crippen LogP) is 4.65. The van der Waals surface area contributed by atoms with Crippen LogP contribution in [0.15, 0.2) is 0 Å². The summed E-state index contributed by atoms with van der Waals surface area (Å²) in [5.41, 5.74) is 0. The van der Waals surface area contributed by atoms with E-state index in [-0.39, 0.29) is 17.9 Å². The van der Waals surface area contributed by atoms with Crippen LogP contribution in [0.25, 0.3) is 0 Å². The van der Waals surface area contributed by atoms with Crippen molar-refractivity contribution in [3.8, 4) is 0 Å². The van der Waals surface area contributed by atoms with Crippen molar-refractivity contribution < 1.29 is 19.1 Å². The molecule has 22 heavy (non-hydrogen) atoms. The van der Waals surface area contributed by atoms with Crippen LogP contribution in [-0.4, -0.2) is 25.2 Å². The zero-order valence-corrected chi connectivity index (χ0v) is 14.7. The van der Waals surface area contributed by atoms with Crippen molar-refractivity contribution in [3.05, 3.63) is 0 Å². The van der Waals surface area contributed by atoms with Crippen molar-refractivity contribution in [2.75, 3.05) is 13.2 Å². The van der Waals surface area contributed by atoms with Crippen molar-refractivity contribution in [2.24, 2.45) is 5.92 Å². The second kappa shape index (κ2) is 14.9. The Morgan fingerprint density at radius 3 is 1.86 bits per heavy atom. The lowest BCUT2D eigenvalue weighted by atomic mass is 9.98. The number of hydrogen-bond donors (Lipinski definition) is 0. The lowest BCUT2D eigenvalue weighted by Crippen LogP contribution is -2.16. The number of hydrogen-bond acceptors (Lipinski definition) is 4. The molecule has 0 aromatic rings. The molecule has 4 nitrogen and oxygen atoms in total. The number of esters is 2. The summed E-state index contributed by atoms with van der Waals surface area (Å²) in [5.74, 6) is -0.0411.